The second kappa shape index (κ2) is 9.19. The van der Waals surface area contributed by atoms with Crippen molar-refractivity contribution in [3.8, 4) is 17.0 Å². The average Bonchev–Trinajstić information content (AvgIpc) is 2.70. The number of carbonyl (C=O) groups is 1. The highest BCUT2D eigenvalue weighted by Crippen LogP contribution is 2.19. The standard InChI is InChI=1S/C21H20ClN3O3/c1-2-28-18-9-5-16(6-10-18)19-11-12-21(27)25(24-19)14-20(26)23-13-15-3-7-17(22)8-4-15/h3-12H,2,13-14H2,1H3,(H,23,26). The quantitative estimate of drug-likeness (QED) is 0.664. The van der Waals surface area contributed by atoms with E-state index in [0.717, 1.165) is 21.6 Å². The molecule has 0 unspecified atom stereocenters. The predicted molar refractivity (Wildman–Crippen MR) is 108 cm³/mol. The Kier molecular flexibility index (Phi) is 6.45. The second-order valence-corrected chi connectivity index (χ2v) is 6.51. The number of nitrogens with one attached hydrogen (secondary N) is 1. The van der Waals surface area contributed by atoms with E-state index in [4.69, 9.17) is 16.3 Å². The molecule has 0 atom stereocenters. The molecule has 0 fully saturated rings. The number of benzene rings is 2. The van der Waals surface area contributed by atoms with E-state index < -0.39 is 0 Å². The molecule has 0 saturated heterocycles. The third-order valence-corrected chi connectivity index (χ3v) is 4.28. The SMILES string of the molecule is CCOc1ccc(-c2ccc(=O)n(CC(=O)NCc3ccc(Cl)cc3)n2)cc1. The van der Waals surface area contributed by atoms with E-state index in [1.54, 1.807) is 18.2 Å². The molecule has 0 spiro atoms. The van der Waals surface area contributed by atoms with E-state index in [-0.39, 0.29) is 18.0 Å². The molecule has 1 heterocycles. The summed E-state index contributed by atoms with van der Waals surface area (Å²) in [4.78, 5) is 24.3. The minimum atomic E-state index is -0.337. The van der Waals surface area contributed by atoms with Crippen LogP contribution >= 0.6 is 11.6 Å². The van der Waals surface area contributed by atoms with Crippen molar-refractivity contribution in [1.82, 2.24) is 15.1 Å². The molecule has 0 saturated carbocycles. The van der Waals surface area contributed by atoms with Crippen molar-refractivity contribution in [3.63, 3.8) is 0 Å². The highest BCUT2D eigenvalue weighted by atomic mass is 35.5. The molecule has 0 radical (unpaired) electrons. The Balaban J connectivity index is 1.68. The van der Waals surface area contributed by atoms with Gasteiger partial charge in [-0.15, -0.1) is 0 Å². The topological polar surface area (TPSA) is 73.2 Å². The first-order chi connectivity index (χ1) is 13.5. The molecule has 3 rings (SSSR count). The second-order valence-electron chi connectivity index (χ2n) is 6.08. The number of rotatable bonds is 7. The maximum Gasteiger partial charge on any atom is 0.267 e. The fraction of sp³-hybridized carbons (Fsp3) is 0.190. The lowest BCUT2D eigenvalue weighted by Gasteiger charge is -2.09. The molecule has 6 nitrogen and oxygen atoms in total. The Morgan fingerprint density at radius 3 is 2.46 bits per heavy atom. The third kappa shape index (κ3) is 5.20. The van der Waals surface area contributed by atoms with Gasteiger partial charge in [-0.25, -0.2) is 4.68 Å². The monoisotopic (exact) mass is 397 g/mol. The first-order valence-corrected chi connectivity index (χ1v) is 9.25. The van der Waals surface area contributed by atoms with Gasteiger partial charge in [-0.2, -0.15) is 5.10 Å². The number of hydrogen-bond donors (Lipinski definition) is 1. The number of halogens is 1. The van der Waals surface area contributed by atoms with Gasteiger partial charge >= 0.3 is 0 Å². The maximum absolute atomic E-state index is 12.2. The first-order valence-electron chi connectivity index (χ1n) is 8.87. The number of nitrogens with zero attached hydrogens (tertiary/aromatic N) is 2. The van der Waals surface area contributed by atoms with Gasteiger partial charge in [-0.1, -0.05) is 23.7 Å². The zero-order valence-corrected chi connectivity index (χ0v) is 16.1. The van der Waals surface area contributed by atoms with Gasteiger partial charge in [0.05, 0.1) is 12.3 Å². The summed E-state index contributed by atoms with van der Waals surface area (Å²) in [6.45, 7) is 2.71. The minimum Gasteiger partial charge on any atom is -0.494 e. The minimum absolute atomic E-state index is 0.155. The van der Waals surface area contributed by atoms with Crippen LogP contribution in [0.3, 0.4) is 0 Å². The molecule has 2 aromatic carbocycles. The predicted octanol–water partition coefficient (Wildman–Crippen LogP) is 3.28. The molecule has 0 bridgehead atoms. The van der Waals surface area contributed by atoms with Gasteiger partial charge in [0, 0.05) is 23.2 Å². The molecule has 28 heavy (non-hydrogen) atoms. The van der Waals surface area contributed by atoms with E-state index in [0.29, 0.717) is 23.9 Å². The smallest absolute Gasteiger partial charge is 0.267 e. The number of amides is 1. The summed E-state index contributed by atoms with van der Waals surface area (Å²) in [5.41, 5.74) is 2.02. The first kappa shape index (κ1) is 19.6. The van der Waals surface area contributed by atoms with Crippen molar-refractivity contribution in [2.75, 3.05) is 6.61 Å². The summed E-state index contributed by atoms with van der Waals surface area (Å²) < 4.78 is 6.58. The van der Waals surface area contributed by atoms with E-state index >= 15 is 0 Å². The van der Waals surface area contributed by atoms with Gasteiger partial charge < -0.3 is 10.1 Å². The zero-order chi connectivity index (χ0) is 19.9. The fourth-order valence-corrected chi connectivity index (χ4v) is 2.73. The van der Waals surface area contributed by atoms with Gasteiger partial charge in [0.15, 0.2) is 0 Å². The summed E-state index contributed by atoms with van der Waals surface area (Å²) in [5, 5.41) is 7.72. The van der Waals surface area contributed by atoms with Crippen LogP contribution in [0.25, 0.3) is 11.3 Å². The molecule has 1 aromatic heterocycles. The number of carbonyl (C=O) groups excluding carboxylic acids is 1. The Bertz CT molecular complexity index is 999. The van der Waals surface area contributed by atoms with Crippen molar-refractivity contribution < 1.29 is 9.53 Å². The number of ether oxygens (including phenoxy) is 1. The fourth-order valence-electron chi connectivity index (χ4n) is 2.60. The molecule has 0 aliphatic rings. The van der Waals surface area contributed by atoms with Crippen molar-refractivity contribution in [2.45, 2.75) is 20.0 Å². The third-order valence-electron chi connectivity index (χ3n) is 4.02. The van der Waals surface area contributed by atoms with Crippen LogP contribution < -0.4 is 15.6 Å². The normalized spacial score (nSPS) is 10.5. The molecule has 0 aliphatic carbocycles. The van der Waals surface area contributed by atoms with Crippen LogP contribution in [0, 0.1) is 0 Å². The van der Waals surface area contributed by atoms with E-state index in [9.17, 15) is 9.59 Å². The van der Waals surface area contributed by atoms with Gasteiger partial charge in [-0.3, -0.25) is 9.59 Å². The average molecular weight is 398 g/mol. The van der Waals surface area contributed by atoms with Crippen molar-refractivity contribution in [1.29, 1.82) is 0 Å². The van der Waals surface area contributed by atoms with E-state index in [1.807, 2.05) is 43.3 Å². The highest BCUT2D eigenvalue weighted by Gasteiger charge is 2.08. The summed E-state index contributed by atoms with van der Waals surface area (Å²) >= 11 is 5.85. The lowest BCUT2D eigenvalue weighted by atomic mass is 10.1. The van der Waals surface area contributed by atoms with Crippen molar-refractivity contribution in [3.05, 3.63) is 81.6 Å². The van der Waals surface area contributed by atoms with Crippen LogP contribution in [-0.2, 0) is 17.9 Å². The number of hydrogen-bond acceptors (Lipinski definition) is 4. The zero-order valence-electron chi connectivity index (χ0n) is 15.4. The molecule has 7 heteroatoms. The molecular formula is C21H20ClN3O3. The Morgan fingerprint density at radius 2 is 1.79 bits per heavy atom. The summed E-state index contributed by atoms with van der Waals surface area (Å²) in [6, 6.07) is 17.6. The molecular weight excluding hydrogens is 378 g/mol. The summed E-state index contributed by atoms with van der Waals surface area (Å²) in [7, 11) is 0. The van der Waals surface area contributed by atoms with Crippen LogP contribution in [0.4, 0.5) is 0 Å². The van der Waals surface area contributed by atoms with E-state index in [1.165, 1.54) is 6.07 Å². The summed E-state index contributed by atoms with van der Waals surface area (Å²) in [5.74, 6) is 0.467. The largest absolute Gasteiger partial charge is 0.494 e. The molecule has 0 aliphatic heterocycles. The maximum atomic E-state index is 12.2. The van der Waals surface area contributed by atoms with Crippen LogP contribution in [0.2, 0.25) is 5.02 Å². The van der Waals surface area contributed by atoms with Crippen molar-refractivity contribution >= 4 is 17.5 Å². The van der Waals surface area contributed by atoms with Crippen LogP contribution in [0.15, 0.2) is 65.5 Å². The van der Waals surface area contributed by atoms with Crippen LogP contribution in [0.1, 0.15) is 12.5 Å². The van der Waals surface area contributed by atoms with Crippen molar-refractivity contribution in [2.24, 2.45) is 0 Å². The number of aromatic nitrogens is 2. The van der Waals surface area contributed by atoms with Gasteiger partial charge in [0.25, 0.3) is 5.56 Å². The molecule has 144 valence electrons. The molecule has 1 amide bonds. The molecule has 3 aromatic rings. The lowest BCUT2D eigenvalue weighted by Crippen LogP contribution is -2.33. The Morgan fingerprint density at radius 1 is 1.07 bits per heavy atom. The van der Waals surface area contributed by atoms with Gasteiger partial charge in [-0.05, 0) is 55.0 Å². The highest BCUT2D eigenvalue weighted by molar-refractivity contribution is 6.30. The summed E-state index contributed by atoms with van der Waals surface area (Å²) in [6.07, 6.45) is 0. The van der Waals surface area contributed by atoms with Crippen LogP contribution in [-0.4, -0.2) is 22.3 Å². The molecule has 1 N–H and O–H groups in total. The Hall–Kier alpha value is -3.12. The van der Waals surface area contributed by atoms with Gasteiger partial charge in [0.1, 0.15) is 12.3 Å². The van der Waals surface area contributed by atoms with Gasteiger partial charge in [0.2, 0.25) is 5.91 Å². The Labute approximate surface area is 167 Å². The lowest BCUT2D eigenvalue weighted by molar-refractivity contribution is -0.122. The van der Waals surface area contributed by atoms with Crippen LogP contribution in [0.5, 0.6) is 5.75 Å². The van der Waals surface area contributed by atoms with E-state index in [2.05, 4.69) is 10.4 Å².